The molecule has 1 aromatic heterocycles. The maximum absolute atomic E-state index is 13.8. The number of nitrogens with one attached hydrogen (secondary N) is 3. The molecule has 2 unspecified atom stereocenters. The number of aromatic nitrogens is 1. The lowest BCUT2D eigenvalue weighted by Crippen LogP contribution is -2.59. The Hall–Kier alpha value is -3.54. The summed E-state index contributed by atoms with van der Waals surface area (Å²) in [6.45, 7) is 12.1. The summed E-state index contributed by atoms with van der Waals surface area (Å²) in [5.41, 5.74) is 1.23. The van der Waals surface area contributed by atoms with E-state index in [-0.39, 0.29) is 35.7 Å². The first-order chi connectivity index (χ1) is 17.4. The molecular formula is C28H37N5O4. The Labute approximate surface area is 217 Å². The third kappa shape index (κ3) is 5.02. The van der Waals surface area contributed by atoms with Crippen molar-refractivity contribution in [2.45, 2.75) is 66.1 Å². The minimum Gasteiger partial charge on any atom is -0.450 e. The van der Waals surface area contributed by atoms with Gasteiger partial charge >= 0.3 is 6.09 Å². The van der Waals surface area contributed by atoms with Crippen LogP contribution >= 0.6 is 0 Å². The van der Waals surface area contributed by atoms with Gasteiger partial charge in [0.25, 0.3) is 0 Å². The average molecular weight is 508 g/mol. The normalized spacial score (nSPS) is 23.5. The first-order valence-electron chi connectivity index (χ1n) is 12.9. The van der Waals surface area contributed by atoms with Gasteiger partial charge in [-0.1, -0.05) is 52.8 Å². The van der Waals surface area contributed by atoms with Gasteiger partial charge in [0, 0.05) is 30.1 Å². The van der Waals surface area contributed by atoms with Gasteiger partial charge in [-0.05, 0) is 41.2 Å². The summed E-state index contributed by atoms with van der Waals surface area (Å²) in [5, 5.41) is 16.5. The van der Waals surface area contributed by atoms with Crippen LogP contribution in [-0.2, 0) is 20.7 Å². The molecule has 9 heteroatoms. The van der Waals surface area contributed by atoms with Crippen LogP contribution in [0.2, 0.25) is 0 Å². The summed E-state index contributed by atoms with van der Waals surface area (Å²) in [5.74, 6) is -0.466. The first-order valence-corrected chi connectivity index (χ1v) is 12.9. The van der Waals surface area contributed by atoms with Gasteiger partial charge in [-0.3, -0.25) is 9.59 Å². The molecule has 4 rings (SSSR count). The number of benzene rings is 1. The molecular weight excluding hydrogens is 470 g/mol. The van der Waals surface area contributed by atoms with Crippen LogP contribution in [0.15, 0.2) is 30.5 Å². The van der Waals surface area contributed by atoms with Crippen molar-refractivity contribution in [3.05, 3.63) is 36.0 Å². The maximum Gasteiger partial charge on any atom is 0.407 e. The van der Waals surface area contributed by atoms with Crippen LogP contribution in [-0.4, -0.2) is 59.1 Å². The number of carbonyl (C=O) groups excluding carboxylic acids is 3. The van der Waals surface area contributed by atoms with Gasteiger partial charge in [0.2, 0.25) is 11.8 Å². The molecule has 2 aromatic rings. The predicted molar refractivity (Wildman–Crippen MR) is 139 cm³/mol. The van der Waals surface area contributed by atoms with Crippen LogP contribution in [0.1, 0.15) is 47.1 Å². The van der Waals surface area contributed by atoms with Gasteiger partial charge in [-0.15, -0.1) is 0 Å². The predicted octanol–water partition coefficient (Wildman–Crippen LogP) is 3.36. The third-order valence-corrected chi connectivity index (χ3v) is 7.98. The zero-order chi connectivity index (χ0) is 27.1. The highest BCUT2D eigenvalue weighted by molar-refractivity contribution is 5.93. The Bertz CT molecular complexity index is 1240. The summed E-state index contributed by atoms with van der Waals surface area (Å²) in [7, 11) is 0. The minimum atomic E-state index is -0.861. The van der Waals surface area contributed by atoms with Crippen molar-refractivity contribution in [2.24, 2.45) is 22.7 Å². The summed E-state index contributed by atoms with van der Waals surface area (Å²) in [6, 6.07) is 7.72. The number of nitrogens with zero attached hydrogens (tertiary/aromatic N) is 2. The highest BCUT2D eigenvalue weighted by Gasteiger charge is 2.69. The van der Waals surface area contributed by atoms with E-state index in [4.69, 9.17) is 4.74 Å². The molecule has 1 aliphatic carbocycles. The molecule has 0 bridgehead atoms. The number of fused-ring (bicyclic) bond motifs is 2. The fourth-order valence-electron chi connectivity index (χ4n) is 5.82. The number of nitriles is 1. The lowest BCUT2D eigenvalue weighted by Gasteiger charge is -2.37. The van der Waals surface area contributed by atoms with Crippen molar-refractivity contribution in [1.82, 2.24) is 20.5 Å². The van der Waals surface area contributed by atoms with E-state index in [0.717, 1.165) is 16.5 Å². The maximum atomic E-state index is 13.8. The van der Waals surface area contributed by atoms with E-state index in [2.05, 4.69) is 35.5 Å². The Kier molecular flexibility index (Phi) is 6.97. The van der Waals surface area contributed by atoms with Gasteiger partial charge in [-0.2, -0.15) is 5.26 Å². The van der Waals surface area contributed by atoms with E-state index in [1.807, 2.05) is 51.2 Å². The molecule has 1 saturated heterocycles. The number of hydrogen-bond acceptors (Lipinski definition) is 5. The van der Waals surface area contributed by atoms with E-state index in [1.165, 1.54) is 0 Å². The number of amides is 3. The van der Waals surface area contributed by atoms with Crippen LogP contribution < -0.4 is 10.6 Å². The van der Waals surface area contributed by atoms with E-state index in [0.29, 0.717) is 13.0 Å². The molecule has 3 amide bonds. The topological polar surface area (TPSA) is 127 Å². The molecule has 0 spiro atoms. The van der Waals surface area contributed by atoms with Crippen molar-refractivity contribution in [1.29, 1.82) is 5.26 Å². The van der Waals surface area contributed by atoms with E-state index in [1.54, 1.807) is 11.8 Å². The number of hydrogen-bond donors (Lipinski definition) is 3. The van der Waals surface area contributed by atoms with Gasteiger partial charge < -0.3 is 25.3 Å². The SMILES string of the molecule is CCOC(=O)N[C@H](C(=O)N1CC2[C@H](C1C(=O)N[C@H](C#N)Cc1c[nH]c3ccccc13)C2(C)C)C(C)(C)C. The number of ether oxygens (including phenoxy) is 1. The molecule has 2 heterocycles. The van der Waals surface area contributed by atoms with Crippen LogP contribution in [0.25, 0.3) is 10.9 Å². The summed E-state index contributed by atoms with van der Waals surface area (Å²) in [6.07, 6.45) is 1.55. The molecule has 2 fully saturated rings. The lowest BCUT2D eigenvalue weighted by atomic mass is 9.85. The second-order valence-electron chi connectivity index (χ2n) is 11.8. The molecule has 0 radical (unpaired) electrons. The number of aromatic amines is 1. The Morgan fingerprint density at radius 1 is 1.24 bits per heavy atom. The average Bonchev–Trinajstić information content (AvgIpc) is 3.20. The van der Waals surface area contributed by atoms with Gasteiger partial charge in [0.05, 0.1) is 12.7 Å². The fraction of sp³-hybridized carbons (Fsp3) is 0.571. The van der Waals surface area contributed by atoms with Crippen molar-refractivity contribution in [2.75, 3.05) is 13.2 Å². The Balaban J connectivity index is 1.54. The smallest absolute Gasteiger partial charge is 0.407 e. The largest absolute Gasteiger partial charge is 0.450 e. The molecule has 5 atom stereocenters. The van der Waals surface area contributed by atoms with Crippen LogP contribution in [0.3, 0.4) is 0 Å². The number of likely N-dealkylation sites (tertiary alicyclic amines) is 1. The zero-order valence-corrected chi connectivity index (χ0v) is 22.4. The van der Waals surface area contributed by atoms with Crippen molar-refractivity contribution in [3.8, 4) is 6.07 Å². The second-order valence-corrected chi connectivity index (χ2v) is 11.8. The molecule has 1 aliphatic heterocycles. The van der Waals surface area contributed by atoms with Crippen molar-refractivity contribution < 1.29 is 19.1 Å². The monoisotopic (exact) mass is 507 g/mol. The number of H-pyrrole nitrogens is 1. The fourth-order valence-corrected chi connectivity index (χ4v) is 5.82. The number of carbonyl (C=O) groups is 3. The van der Waals surface area contributed by atoms with E-state index >= 15 is 0 Å². The van der Waals surface area contributed by atoms with Gasteiger partial charge in [0.15, 0.2) is 0 Å². The van der Waals surface area contributed by atoms with Crippen molar-refractivity contribution >= 4 is 28.8 Å². The molecule has 37 heavy (non-hydrogen) atoms. The van der Waals surface area contributed by atoms with E-state index in [9.17, 15) is 19.6 Å². The summed E-state index contributed by atoms with van der Waals surface area (Å²) >= 11 is 0. The van der Waals surface area contributed by atoms with Crippen LogP contribution in [0.5, 0.6) is 0 Å². The Morgan fingerprint density at radius 3 is 2.59 bits per heavy atom. The highest BCUT2D eigenvalue weighted by Crippen LogP contribution is 2.65. The quantitative estimate of drug-likeness (QED) is 0.530. The van der Waals surface area contributed by atoms with Crippen molar-refractivity contribution in [3.63, 3.8) is 0 Å². The molecule has 3 N–H and O–H groups in total. The van der Waals surface area contributed by atoms with E-state index < -0.39 is 29.6 Å². The zero-order valence-electron chi connectivity index (χ0n) is 22.4. The number of para-hydroxylation sites is 1. The molecule has 9 nitrogen and oxygen atoms in total. The molecule has 1 aromatic carbocycles. The standard InChI is InChI=1S/C28H37N5O4/c1-7-37-26(36)32-23(27(2,3)4)25(35)33-15-19-21(28(19,5)6)22(33)24(34)31-17(13-29)12-16-14-30-20-11-9-8-10-18(16)20/h8-11,14,17,19,21-23,30H,7,12,15H2,1-6H3,(H,31,34)(H,32,36)/t17-,19?,21+,22?,23+/m0/s1. The van der Waals surface area contributed by atoms with Crippen LogP contribution in [0.4, 0.5) is 4.79 Å². The molecule has 1 saturated carbocycles. The molecule has 2 aliphatic rings. The summed E-state index contributed by atoms with van der Waals surface area (Å²) < 4.78 is 5.03. The lowest BCUT2D eigenvalue weighted by molar-refractivity contribution is -0.144. The van der Waals surface area contributed by atoms with Gasteiger partial charge in [-0.25, -0.2) is 4.79 Å². The van der Waals surface area contributed by atoms with Gasteiger partial charge in [0.1, 0.15) is 18.1 Å². The number of piperidine rings is 1. The number of rotatable bonds is 7. The first kappa shape index (κ1) is 26.5. The van der Waals surface area contributed by atoms with Crippen LogP contribution in [0, 0.1) is 34.0 Å². The number of alkyl carbamates (subject to hydrolysis) is 1. The summed E-state index contributed by atoms with van der Waals surface area (Å²) in [4.78, 5) is 44.5. The Morgan fingerprint density at radius 2 is 1.95 bits per heavy atom. The molecule has 198 valence electrons. The third-order valence-electron chi connectivity index (χ3n) is 7.98. The minimum absolute atomic E-state index is 0.00732. The second kappa shape index (κ2) is 9.73. The highest BCUT2D eigenvalue weighted by atomic mass is 16.5.